The maximum absolute atomic E-state index is 13.9. The van der Waals surface area contributed by atoms with Gasteiger partial charge in [-0.3, -0.25) is 29.3 Å². The van der Waals surface area contributed by atoms with Gasteiger partial charge in [0.2, 0.25) is 5.78 Å². The molecular weight excluding hydrogens is 459 g/mol. The number of amides is 3. The van der Waals surface area contributed by atoms with Crippen LogP contribution in [0, 0.1) is 21.8 Å². The zero-order valence-electron chi connectivity index (χ0n) is 17.8. The van der Waals surface area contributed by atoms with E-state index in [0.29, 0.717) is 10.6 Å². The van der Waals surface area contributed by atoms with Gasteiger partial charge in [0.25, 0.3) is 23.4 Å². The average Bonchev–Trinajstić information content (AvgIpc) is 3.22. The fourth-order valence-corrected chi connectivity index (χ4v) is 3.39. The minimum atomic E-state index is -1.76. The van der Waals surface area contributed by atoms with Crippen molar-refractivity contribution in [3.63, 3.8) is 0 Å². The first-order valence-electron chi connectivity index (χ1n) is 10.1. The Morgan fingerprint density at radius 1 is 0.943 bits per heavy atom. The first-order chi connectivity index (χ1) is 16.8. The van der Waals surface area contributed by atoms with Gasteiger partial charge in [-0.05, 0) is 29.8 Å². The van der Waals surface area contributed by atoms with Crippen LogP contribution in [0.25, 0.3) is 0 Å². The first kappa shape index (κ1) is 23.1. The number of para-hydroxylation sites is 1. The topological polar surface area (TPSA) is 139 Å². The van der Waals surface area contributed by atoms with Crippen molar-refractivity contribution in [3.8, 4) is 0 Å². The molecule has 0 radical (unpaired) electrons. The van der Waals surface area contributed by atoms with Crippen molar-refractivity contribution in [2.24, 2.45) is 11.0 Å². The van der Waals surface area contributed by atoms with Crippen LogP contribution < -0.4 is 5.32 Å². The van der Waals surface area contributed by atoms with E-state index in [0.717, 1.165) is 30.3 Å². The number of Topliss-reactive ketones (excluding diaryl/α,β-unsaturated/α-hetero) is 1. The van der Waals surface area contributed by atoms with Gasteiger partial charge < -0.3 is 5.32 Å². The van der Waals surface area contributed by atoms with Crippen LogP contribution in [-0.4, -0.2) is 39.1 Å². The number of nitrogens with zero attached hydrogens (tertiary/aromatic N) is 3. The van der Waals surface area contributed by atoms with Gasteiger partial charge in [0.05, 0.1) is 16.3 Å². The number of nitro benzene ring substituents is 1. The molecule has 1 unspecified atom stereocenters. The molecule has 1 atom stereocenters. The Hall–Kier alpha value is -5.06. The second kappa shape index (κ2) is 9.43. The van der Waals surface area contributed by atoms with Crippen molar-refractivity contribution >= 4 is 40.6 Å². The van der Waals surface area contributed by atoms with Gasteiger partial charge in [-0.2, -0.15) is 10.1 Å². The zero-order valence-corrected chi connectivity index (χ0v) is 17.8. The summed E-state index contributed by atoms with van der Waals surface area (Å²) in [6, 6.07) is 17.6. The molecule has 10 nitrogen and oxygen atoms in total. The number of non-ortho nitro benzene ring substituents is 1. The predicted molar refractivity (Wildman–Crippen MR) is 121 cm³/mol. The van der Waals surface area contributed by atoms with Crippen molar-refractivity contribution in [2.75, 3.05) is 5.32 Å². The van der Waals surface area contributed by atoms with Gasteiger partial charge in [0.15, 0.2) is 5.92 Å². The van der Waals surface area contributed by atoms with E-state index in [9.17, 15) is 33.7 Å². The van der Waals surface area contributed by atoms with E-state index in [-0.39, 0.29) is 22.6 Å². The number of carbonyl (C=O) groups excluding carboxylic acids is 4. The summed E-state index contributed by atoms with van der Waals surface area (Å²) in [6.45, 7) is 0. The SMILES string of the molecule is O=C(Nc1ccccc1F)C(=O)C1C(=O)N(C(=O)c2ccc([N+](=O)[O-])cc2)N=C1c1ccccc1. The molecular formula is C24H15FN4O6. The summed E-state index contributed by atoms with van der Waals surface area (Å²) in [6.07, 6.45) is 0. The molecule has 0 saturated carbocycles. The lowest BCUT2D eigenvalue weighted by atomic mass is 9.92. The third-order valence-electron chi connectivity index (χ3n) is 5.13. The van der Waals surface area contributed by atoms with E-state index >= 15 is 0 Å². The highest BCUT2D eigenvalue weighted by molar-refractivity contribution is 6.51. The molecule has 0 saturated heterocycles. The third-order valence-corrected chi connectivity index (χ3v) is 5.13. The molecule has 1 aliphatic heterocycles. The average molecular weight is 474 g/mol. The summed E-state index contributed by atoms with van der Waals surface area (Å²) >= 11 is 0. The molecule has 3 aromatic rings. The van der Waals surface area contributed by atoms with Crippen molar-refractivity contribution in [3.05, 3.63) is 106 Å². The van der Waals surface area contributed by atoms with Crippen LogP contribution >= 0.6 is 0 Å². The van der Waals surface area contributed by atoms with Crippen LogP contribution in [0.2, 0.25) is 0 Å². The number of nitro groups is 1. The number of carbonyl (C=O) groups is 4. The van der Waals surface area contributed by atoms with E-state index < -0.39 is 40.2 Å². The van der Waals surface area contributed by atoms with E-state index in [1.54, 1.807) is 30.3 Å². The molecule has 35 heavy (non-hydrogen) atoms. The first-order valence-corrected chi connectivity index (χ1v) is 10.1. The summed E-state index contributed by atoms with van der Waals surface area (Å²) in [5, 5.41) is 17.5. The lowest BCUT2D eigenvalue weighted by Gasteiger charge is -2.13. The number of hydrogen-bond donors (Lipinski definition) is 1. The molecule has 3 amide bonds. The summed E-state index contributed by atoms with van der Waals surface area (Å²) in [7, 11) is 0. The van der Waals surface area contributed by atoms with Crippen molar-refractivity contribution < 1.29 is 28.5 Å². The molecule has 0 bridgehead atoms. The van der Waals surface area contributed by atoms with Crippen LogP contribution in [0.4, 0.5) is 15.8 Å². The zero-order chi connectivity index (χ0) is 25.1. The number of imide groups is 1. The molecule has 4 rings (SSSR count). The number of anilines is 1. The molecule has 0 aliphatic carbocycles. The Kier molecular flexibility index (Phi) is 6.23. The van der Waals surface area contributed by atoms with Crippen molar-refractivity contribution in [2.45, 2.75) is 0 Å². The predicted octanol–water partition coefficient (Wildman–Crippen LogP) is 2.94. The number of rotatable bonds is 6. The Morgan fingerprint density at radius 2 is 1.57 bits per heavy atom. The fraction of sp³-hybridized carbons (Fsp3) is 0.0417. The number of ketones is 1. The third kappa shape index (κ3) is 4.55. The second-order valence-electron chi connectivity index (χ2n) is 7.34. The highest BCUT2D eigenvalue weighted by Gasteiger charge is 2.46. The largest absolute Gasteiger partial charge is 0.317 e. The Balaban J connectivity index is 1.66. The summed E-state index contributed by atoms with van der Waals surface area (Å²) in [4.78, 5) is 62.0. The molecule has 1 N–H and O–H groups in total. The van der Waals surface area contributed by atoms with Crippen LogP contribution in [0.3, 0.4) is 0 Å². The lowest BCUT2D eigenvalue weighted by molar-refractivity contribution is -0.384. The highest BCUT2D eigenvalue weighted by atomic mass is 19.1. The number of hydrazone groups is 1. The molecule has 11 heteroatoms. The van der Waals surface area contributed by atoms with E-state index in [1.807, 2.05) is 0 Å². The van der Waals surface area contributed by atoms with E-state index in [2.05, 4.69) is 10.4 Å². The summed E-state index contributed by atoms with van der Waals surface area (Å²) < 4.78 is 13.9. The molecule has 0 aromatic heterocycles. The van der Waals surface area contributed by atoms with Crippen LogP contribution in [-0.2, 0) is 14.4 Å². The molecule has 1 aliphatic rings. The molecule has 0 spiro atoms. The molecule has 3 aromatic carbocycles. The quantitative estimate of drug-likeness (QED) is 0.192. The van der Waals surface area contributed by atoms with Crippen LogP contribution in [0.1, 0.15) is 15.9 Å². The van der Waals surface area contributed by atoms with Crippen LogP contribution in [0.5, 0.6) is 0 Å². The molecule has 1 heterocycles. The smallest absolute Gasteiger partial charge is 0.293 e. The van der Waals surface area contributed by atoms with Crippen molar-refractivity contribution in [1.29, 1.82) is 0 Å². The minimum Gasteiger partial charge on any atom is -0.317 e. The number of halogens is 1. The number of benzene rings is 3. The van der Waals surface area contributed by atoms with Gasteiger partial charge in [0, 0.05) is 17.7 Å². The highest BCUT2D eigenvalue weighted by Crippen LogP contribution is 2.25. The number of hydrogen-bond acceptors (Lipinski definition) is 7. The van der Waals surface area contributed by atoms with Crippen LogP contribution in [0.15, 0.2) is 84.0 Å². The minimum absolute atomic E-state index is 0.0935. The lowest BCUT2D eigenvalue weighted by Crippen LogP contribution is -2.41. The second-order valence-corrected chi connectivity index (χ2v) is 7.34. The van der Waals surface area contributed by atoms with E-state index in [1.165, 1.54) is 18.2 Å². The van der Waals surface area contributed by atoms with Gasteiger partial charge in [-0.1, -0.05) is 42.5 Å². The Morgan fingerprint density at radius 3 is 2.20 bits per heavy atom. The Labute approximate surface area is 196 Å². The van der Waals surface area contributed by atoms with Gasteiger partial charge in [-0.15, -0.1) is 0 Å². The van der Waals surface area contributed by atoms with Gasteiger partial charge in [-0.25, -0.2) is 4.39 Å². The van der Waals surface area contributed by atoms with Gasteiger partial charge >= 0.3 is 0 Å². The maximum atomic E-state index is 13.9. The Bertz CT molecular complexity index is 1390. The monoisotopic (exact) mass is 474 g/mol. The summed E-state index contributed by atoms with van der Waals surface area (Å²) in [5.41, 5.74) is -0.436. The number of nitrogens with one attached hydrogen (secondary N) is 1. The maximum Gasteiger partial charge on any atom is 0.293 e. The van der Waals surface area contributed by atoms with Gasteiger partial charge in [0.1, 0.15) is 5.82 Å². The normalized spacial score (nSPS) is 14.9. The molecule has 0 fully saturated rings. The van der Waals surface area contributed by atoms with Crippen molar-refractivity contribution in [1.82, 2.24) is 5.01 Å². The van der Waals surface area contributed by atoms with E-state index in [4.69, 9.17) is 0 Å². The standard InChI is InChI=1S/C24H15FN4O6/c25-17-8-4-5-9-18(17)26-22(31)21(30)19-20(14-6-2-1-3-7-14)27-28(24(19)33)23(32)15-10-12-16(13-11-15)29(34)35/h1-13,19H,(H,26,31). The summed E-state index contributed by atoms with van der Waals surface area (Å²) in [5.74, 6) is -7.06. The molecule has 174 valence electrons. The fourth-order valence-electron chi connectivity index (χ4n) is 3.39.